The van der Waals surface area contributed by atoms with Gasteiger partial charge in [-0.3, -0.25) is 4.90 Å². The van der Waals surface area contributed by atoms with Gasteiger partial charge in [0, 0.05) is 16.6 Å². The van der Waals surface area contributed by atoms with E-state index in [1.54, 1.807) is 0 Å². The molecule has 552 valence electrons. The smallest absolute Gasteiger partial charge is 0.200 e. The molecule has 8 aromatic carbocycles. The monoisotopic (exact) mass is 1520 g/mol. The summed E-state index contributed by atoms with van der Waals surface area (Å²) in [6.07, 6.45) is 0. The molecule has 8 aromatic rings. The summed E-state index contributed by atoms with van der Waals surface area (Å²) in [5.74, 6) is -107. The third-order valence-corrected chi connectivity index (χ3v) is 12.7. The summed E-state index contributed by atoms with van der Waals surface area (Å²) in [6, 6.07) is 0. The van der Waals surface area contributed by atoms with Gasteiger partial charge in [0.05, 0.1) is 44.5 Å². The van der Waals surface area contributed by atoms with Crippen molar-refractivity contribution in [3.63, 3.8) is 0 Å². The molecule has 101 heavy (non-hydrogen) atoms. The topological polar surface area (TPSA) is 3.24 Å². The second-order valence-corrected chi connectivity index (χ2v) is 22.4. The van der Waals surface area contributed by atoms with Gasteiger partial charge in [-0.05, 0) is 62.3 Å². The minimum absolute atomic E-state index is 0.219. The Kier molecular flexibility index (Phi) is 25.2. The lowest BCUT2D eigenvalue weighted by Crippen LogP contribution is -2.60. The predicted molar refractivity (Wildman–Crippen MR) is 267 cm³/mol. The Labute approximate surface area is 536 Å². The molecule has 0 unspecified atom stereocenters. The molecule has 0 aromatic heterocycles. The number of benzene rings is 8. The zero-order chi connectivity index (χ0) is 78.8. The van der Waals surface area contributed by atoms with E-state index in [-0.39, 0.29) is 16.6 Å². The fourth-order valence-corrected chi connectivity index (χ4v) is 9.61. The van der Waals surface area contributed by atoms with Crippen molar-refractivity contribution in [3.05, 3.63) is 233 Å². The Morgan fingerprint density at radius 1 is 0.109 bits per heavy atom. The van der Waals surface area contributed by atoms with E-state index < -0.39 is 277 Å². The van der Waals surface area contributed by atoms with Crippen LogP contribution in [0.1, 0.15) is 62.3 Å². The zero-order valence-electron chi connectivity index (χ0n) is 50.1. The van der Waals surface area contributed by atoms with Gasteiger partial charge >= 0.3 is 0 Å². The van der Waals surface area contributed by atoms with Crippen molar-refractivity contribution in [2.24, 2.45) is 0 Å². The molecule has 8 rings (SSSR count). The van der Waals surface area contributed by atoms with E-state index in [2.05, 4.69) is 67.2 Å². The standard InChI is InChI=1S/4C12F10.C12H27N/c4*13-3-1(4(14)8(18)11(21)7(3)17)2-5(15)9(19)12(22)10(20)6(2)16;1-10(2,3)13(11(4,5)6)12(7,8)9/h;;;;1-9H3. The van der Waals surface area contributed by atoms with Crippen molar-refractivity contribution in [2.75, 3.05) is 0 Å². The van der Waals surface area contributed by atoms with E-state index in [0.717, 1.165) is 0 Å². The van der Waals surface area contributed by atoms with Crippen LogP contribution in [0.25, 0.3) is 44.5 Å². The van der Waals surface area contributed by atoms with Gasteiger partial charge < -0.3 is 0 Å². The maximum atomic E-state index is 13.4. The first-order valence-corrected chi connectivity index (χ1v) is 25.7. The Hall–Kier alpha value is -9.08. The van der Waals surface area contributed by atoms with E-state index >= 15 is 0 Å². The molecule has 41 heteroatoms. The van der Waals surface area contributed by atoms with Crippen molar-refractivity contribution in [1.82, 2.24) is 4.90 Å². The van der Waals surface area contributed by atoms with Gasteiger partial charge in [-0.15, -0.1) is 0 Å². The predicted octanol–water partition coefficient (Wildman–Crippen LogP) is 22.7. The highest BCUT2D eigenvalue weighted by molar-refractivity contribution is 5.70. The molecule has 0 spiro atoms. The third kappa shape index (κ3) is 15.3. The highest BCUT2D eigenvalue weighted by atomic mass is 19.2. The van der Waals surface area contributed by atoms with Crippen LogP contribution in [0.3, 0.4) is 0 Å². The minimum Gasteiger partial charge on any atom is -0.289 e. The van der Waals surface area contributed by atoms with E-state index in [9.17, 15) is 176 Å². The highest BCUT2D eigenvalue weighted by Gasteiger charge is 2.42. The molecule has 0 aliphatic carbocycles. The summed E-state index contributed by atoms with van der Waals surface area (Å²) < 4.78 is 525. The molecule has 0 saturated carbocycles. The summed E-state index contributed by atoms with van der Waals surface area (Å²) >= 11 is 0. The van der Waals surface area contributed by atoms with Crippen molar-refractivity contribution in [3.8, 4) is 44.5 Å². The molecule has 0 radical (unpaired) electrons. The van der Waals surface area contributed by atoms with Gasteiger partial charge in [0.25, 0.3) is 0 Å². The molecular weight excluding hydrogens is 1490 g/mol. The lowest BCUT2D eigenvalue weighted by Gasteiger charge is -2.53. The third-order valence-electron chi connectivity index (χ3n) is 12.7. The summed E-state index contributed by atoms with van der Waals surface area (Å²) in [6.45, 7) is 20.5. The summed E-state index contributed by atoms with van der Waals surface area (Å²) in [5.41, 5.74) is -17.4. The molecule has 0 N–H and O–H groups in total. The first-order valence-electron chi connectivity index (χ1n) is 25.7. The lowest BCUT2D eigenvalue weighted by molar-refractivity contribution is -0.0403. The molecule has 0 atom stereocenters. The molecular formula is C60H27F40N. The summed E-state index contributed by atoms with van der Waals surface area (Å²) in [5, 5.41) is 0. The fourth-order valence-electron chi connectivity index (χ4n) is 9.61. The number of hydrogen-bond acceptors (Lipinski definition) is 1. The first-order chi connectivity index (χ1) is 45.8. The Morgan fingerprint density at radius 2 is 0.158 bits per heavy atom. The molecule has 0 aliphatic rings. The van der Waals surface area contributed by atoms with Crippen LogP contribution in [-0.4, -0.2) is 21.5 Å². The van der Waals surface area contributed by atoms with E-state index in [4.69, 9.17) is 0 Å². The van der Waals surface area contributed by atoms with Gasteiger partial charge in [0.2, 0.25) is 46.5 Å². The molecule has 0 fully saturated rings. The first kappa shape index (κ1) is 84.3. The van der Waals surface area contributed by atoms with Crippen LogP contribution in [0.4, 0.5) is 176 Å². The van der Waals surface area contributed by atoms with E-state index in [1.165, 1.54) is 0 Å². The van der Waals surface area contributed by atoms with Gasteiger partial charge in [0.1, 0.15) is 0 Å². The van der Waals surface area contributed by atoms with Crippen LogP contribution < -0.4 is 0 Å². The maximum absolute atomic E-state index is 13.4. The lowest BCUT2D eigenvalue weighted by atomic mass is 9.88. The zero-order valence-corrected chi connectivity index (χ0v) is 50.1. The second-order valence-electron chi connectivity index (χ2n) is 22.4. The highest BCUT2D eigenvalue weighted by Crippen LogP contribution is 2.43. The number of rotatable bonds is 4. The minimum atomic E-state index is -2.68. The van der Waals surface area contributed by atoms with Crippen LogP contribution in [-0.2, 0) is 0 Å². The van der Waals surface area contributed by atoms with E-state index in [0.29, 0.717) is 0 Å². The average Bonchev–Trinajstić information content (AvgIpc) is 0.768. The Bertz CT molecular complexity index is 3580. The molecule has 0 aliphatic heterocycles. The van der Waals surface area contributed by atoms with Crippen molar-refractivity contribution in [2.45, 2.75) is 78.9 Å². The SMILES string of the molecule is CC(C)(C)N(C(C)(C)C)C(C)(C)C.Fc1c(F)c(F)c(-c2c(F)c(F)c(F)c(F)c2F)c(F)c1F.Fc1c(F)c(F)c(-c2c(F)c(F)c(F)c(F)c2F)c(F)c1F.Fc1c(F)c(F)c(-c2c(F)c(F)c(F)c(F)c2F)c(F)c1F.Fc1c(F)c(F)c(-c2c(F)c(F)c(F)c(F)c2F)c(F)c1F. The van der Waals surface area contributed by atoms with Gasteiger partial charge in [-0.1, -0.05) is 0 Å². The Morgan fingerprint density at radius 3 is 0.198 bits per heavy atom. The van der Waals surface area contributed by atoms with Crippen LogP contribution in [0, 0.1) is 233 Å². The van der Waals surface area contributed by atoms with Gasteiger partial charge in [-0.25, -0.2) is 176 Å². The number of halogens is 40. The quantitative estimate of drug-likeness (QED) is 0.0964. The maximum Gasteiger partial charge on any atom is 0.200 e. The molecule has 0 amide bonds. The van der Waals surface area contributed by atoms with E-state index in [1.807, 2.05) is 0 Å². The van der Waals surface area contributed by atoms with Crippen LogP contribution in [0.5, 0.6) is 0 Å². The second kappa shape index (κ2) is 30.2. The average molecular weight is 1520 g/mol. The van der Waals surface area contributed by atoms with Crippen molar-refractivity contribution < 1.29 is 176 Å². The van der Waals surface area contributed by atoms with Gasteiger partial charge in [0.15, 0.2) is 186 Å². The van der Waals surface area contributed by atoms with Crippen LogP contribution >= 0.6 is 0 Å². The normalized spacial score (nSPS) is 11.7. The van der Waals surface area contributed by atoms with Gasteiger partial charge in [-0.2, -0.15) is 0 Å². The van der Waals surface area contributed by atoms with Crippen LogP contribution in [0.15, 0.2) is 0 Å². The molecule has 1 nitrogen and oxygen atoms in total. The molecule has 0 saturated heterocycles. The largest absolute Gasteiger partial charge is 0.289 e. The Balaban J connectivity index is 0.000000271. The number of hydrogen-bond donors (Lipinski definition) is 0. The number of nitrogens with zero attached hydrogens (tertiary/aromatic N) is 1. The summed E-state index contributed by atoms with van der Waals surface area (Å²) in [7, 11) is 0. The fraction of sp³-hybridized carbons (Fsp3) is 0.200. The summed E-state index contributed by atoms with van der Waals surface area (Å²) in [4.78, 5) is 2.56. The van der Waals surface area contributed by atoms with Crippen molar-refractivity contribution in [1.29, 1.82) is 0 Å². The van der Waals surface area contributed by atoms with Crippen LogP contribution in [0.2, 0.25) is 0 Å². The van der Waals surface area contributed by atoms with Crippen molar-refractivity contribution >= 4 is 0 Å². The molecule has 0 heterocycles. The molecule has 0 bridgehead atoms.